The molecule has 0 unspecified atom stereocenters. The Balaban J connectivity index is 2.25. The van der Waals surface area contributed by atoms with E-state index in [4.69, 9.17) is 21.1 Å². The van der Waals surface area contributed by atoms with Crippen LogP contribution in [0.2, 0.25) is 5.22 Å². The molecule has 1 N–H and O–H groups in total. The summed E-state index contributed by atoms with van der Waals surface area (Å²) in [4.78, 5) is 15.4. The molecule has 3 rings (SSSR count). The van der Waals surface area contributed by atoms with Crippen LogP contribution in [0.1, 0.15) is 0 Å². The fraction of sp³-hybridized carbons (Fsp3) is 0.0769. The molecule has 2 heterocycles. The van der Waals surface area contributed by atoms with Crippen LogP contribution in [0.5, 0.6) is 0 Å². The maximum absolute atomic E-state index is 11.0. The zero-order chi connectivity index (χ0) is 13.4. The van der Waals surface area contributed by atoms with E-state index in [0.717, 1.165) is 5.52 Å². The maximum Gasteiger partial charge on any atom is 0.323 e. The summed E-state index contributed by atoms with van der Waals surface area (Å²) < 4.78 is 6.90. The number of hydrogen-bond acceptors (Lipinski definition) is 3. The van der Waals surface area contributed by atoms with Crippen LogP contribution in [0.3, 0.4) is 0 Å². The summed E-state index contributed by atoms with van der Waals surface area (Å²) in [6.07, 6.45) is 0. The number of carbonyl (C=O) groups is 1. The smallest absolute Gasteiger partial charge is 0.323 e. The normalized spacial score (nSPS) is 11.0. The summed E-state index contributed by atoms with van der Waals surface area (Å²) in [6, 6.07) is 10.6. The van der Waals surface area contributed by atoms with Gasteiger partial charge in [-0.3, -0.25) is 4.79 Å². The molecule has 0 aliphatic heterocycles. The van der Waals surface area contributed by atoms with Crippen molar-refractivity contribution in [2.45, 2.75) is 6.54 Å². The molecule has 96 valence electrons. The van der Waals surface area contributed by atoms with Gasteiger partial charge >= 0.3 is 5.97 Å². The van der Waals surface area contributed by atoms with Gasteiger partial charge in [0.25, 0.3) is 0 Å². The lowest BCUT2D eigenvalue weighted by atomic mass is 10.3. The zero-order valence-corrected chi connectivity index (χ0v) is 10.5. The first-order chi connectivity index (χ1) is 9.15. The van der Waals surface area contributed by atoms with Gasteiger partial charge in [0.1, 0.15) is 6.54 Å². The fourth-order valence-corrected chi connectivity index (χ4v) is 2.14. The van der Waals surface area contributed by atoms with Crippen molar-refractivity contribution in [3.63, 3.8) is 0 Å². The van der Waals surface area contributed by atoms with E-state index in [-0.39, 0.29) is 11.8 Å². The van der Waals surface area contributed by atoms with E-state index in [1.807, 2.05) is 24.3 Å². The highest BCUT2D eigenvalue weighted by atomic mass is 35.5. The molecule has 0 aliphatic rings. The summed E-state index contributed by atoms with van der Waals surface area (Å²) in [6.45, 7) is -0.186. The predicted molar refractivity (Wildman–Crippen MR) is 70.1 cm³/mol. The molecule has 0 spiro atoms. The van der Waals surface area contributed by atoms with E-state index in [2.05, 4.69) is 4.98 Å². The summed E-state index contributed by atoms with van der Waals surface area (Å²) in [5, 5.41) is 9.26. The molecule has 3 aromatic rings. The fourth-order valence-electron chi connectivity index (χ4n) is 1.99. The number of rotatable bonds is 3. The number of aliphatic carboxylic acids is 1. The Kier molecular flexibility index (Phi) is 2.76. The highest BCUT2D eigenvalue weighted by Gasteiger charge is 2.17. The highest BCUT2D eigenvalue weighted by Crippen LogP contribution is 2.27. The van der Waals surface area contributed by atoms with Crippen LogP contribution < -0.4 is 0 Å². The van der Waals surface area contributed by atoms with E-state index < -0.39 is 5.97 Å². The molecule has 2 aromatic heterocycles. The largest absolute Gasteiger partial charge is 0.480 e. The van der Waals surface area contributed by atoms with E-state index in [1.165, 1.54) is 0 Å². The van der Waals surface area contributed by atoms with Gasteiger partial charge in [-0.05, 0) is 35.9 Å². The Labute approximate surface area is 113 Å². The maximum atomic E-state index is 11.0. The molecule has 0 saturated heterocycles. The Bertz CT molecular complexity index is 760. The molecule has 0 fully saturated rings. The zero-order valence-electron chi connectivity index (χ0n) is 9.71. The summed E-state index contributed by atoms with van der Waals surface area (Å²) in [5.41, 5.74) is 1.46. The van der Waals surface area contributed by atoms with Crippen LogP contribution in [0.4, 0.5) is 0 Å². The van der Waals surface area contributed by atoms with Crippen molar-refractivity contribution in [2.24, 2.45) is 0 Å². The van der Waals surface area contributed by atoms with Crippen molar-refractivity contribution in [3.8, 4) is 11.6 Å². The Morgan fingerprint density at radius 2 is 2.11 bits per heavy atom. The molecule has 0 atom stereocenters. The number of carboxylic acids is 1. The molecular weight excluding hydrogens is 268 g/mol. The van der Waals surface area contributed by atoms with Crippen LogP contribution in [-0.2, 0) is 11.3 Å². The number of benzene rings is 1. The quantitative estimate of drug-likeness (QED) is 0.798. The van der Waals surface area contributed by atoms with E-state index in [0.29, 0.717) is 17.1 Å². The number of hydrogen-bond donors (Lipinski definition) is 1. The summed E-state index contributed by atoms with van der Waals surface area (Å²) in [7, 11) is 0. The summed E-state index contributed by atoms with van der Waals surface area (Å²) in [5.74, 6) is -0.0417. The monoisotopic (exact) mass is 276 g/mol. The van der Waals surface area contributed by atoms with Gasteiger partial charge in [0.15, 0.2) is 16.8 Å². The second-order valence-electron chi connectivity index (χ2n) is 4.01. The molecule has 0 radical (unpaired) electrons. The van der Waals surface area contributed by atoms with Crippen molar-refractivity contribution < 1.29 is 14.3 Å². The predicted octanol–water partition coefficient (Wildman–Crippen LogP) is 3.03. The topological polar surface area (TPSA) is 68.3 Å². The lowest BCUT2D eigenvalue weighted by molar-refractivity contribution is -0.137. The van der Waals surface area contributed by atoms with Crippen LogP contribution in [0.25, 0.3) is 22.6 Å². The average Bonchev–Trinajstić information content (AvgIpc) is 2.94. The second-order valence-corrected chi connectivity index (χ2v) is 4.38. The Hall–Kier alpha value is -2.27. The lowest BCUT2D eigenvalue weighted by Crippen LogP contribution is -2.09. The van der Waals surface area contributed by atoms with Crippen molar-refractivity contribution >= 4 is 28.6 Å². The van der Waals surface area contributed by atoms with Gasteiger partial charge in [-0.15, -0.1) is 0 Å². The number of imidazole rings is 1. The number of para-hydroxylation sites is 2. The minimum atomic E-state index is -0.943. The highest BCUT2D eigenvalue weighted by molar-refractivity contribution is 6.28. The minimum absolute atomic E-state index is 0.186. The summed E-state index contributed by atoms with van der Waals surface area (Å²) >= 11 is 5.75. The number of fused-ring (bicyclic) bond motifs is 1. The number of aromatic nitrogens is 2. The number of furan rings is 1. The number of carboxylic acid groups (broad SMARTS) is 1. The third-order valence-electron chi connectivity index (χ3n) is 2.74. The van der Waals surface area contributed by atoms with Crippen molar-refractivity contribution in [1.29, 1.82) is 0 Å². The molecule has 0 bridgehead atoms. The van der Waals surface area contributed by atoms with Crippen LogP contribution >= 0.6 is 11.6 Å². The third kappa shape index (κ3) is 2.08. The second kappa shape index (κ2) is 4.44. The van der Waals surface area contributed by atoms with E-state index in [1.54, 1.807) is 16.7 Å². The van der Waals surface area contributed by atoms with Crippen LogP contribution in [0.15, 0.2) is 40.8 Å². The lowest BCUT2D eigenvalue weighted by Gasteiger charge is -2.03. The van der Waals surface area contributed by atoms with Gasteiger partial charge in [0.05, 0.1) is 11.0 Å². The molecule has 5 nitrogen and oxygen atoms in total. The van der Waals surface area contributed by atoms with Crippen molar-refractivity contribution in [2.75, 3.05) is 0 Å². The average molecular weight is 277 g/mol. The van der Waals surface area contributed by atoms with Gasteiger partial charge in [0, 0.05) is 0 Å². The molecule has 0 amide bonds. The standard InChI is InChI=1S/C13H9ClN2O3/c14-11-6-5-10(19-11)13-15-8-3-1-2-4-9(8)16(13)7-12(17)18/h1-6H,7H2,(H,17,18). The van der Waals surface area contributed by atoms with Crippen LogP contribution in [0, 0.1) is 0 Å². The molecule has 6 heteroatoms. The molecule has 0 saturated carbocycles. The van der Waals surface area contributed by atoms with Crippen LogP contribution in [-0.4, -0.2) is 20.6 Å². The third-order valence-corrected chi connectivity index (χ3v) is 2.94. The van der Waals surface area contributed by atoms with E-state index >= 15 is 0 Å². The van der Waals surface area contributed by atoms with Gasteiger partial charge < -0.3 is 14.1 Å². The van der Waals surface area contributed by atoms with Gasteiger partial charge in [-0.2, -0.15) is 0 Å². The first kappa shape index (κ1) is 11.8. The Morgan fingerprint density at radius 1 is 1.32 bits per heavy atom. The molecule has 0 aliphatic carbocycles. The number of halogens is 1. The molecule has 1 aromatic carbocycles. The minimum Gasteiger partial charge on any atom is -0.480 e. The Morgan fingerprint density at radius 3 is 2.79 bits per heavy atom. The SMILES string of the molecule is O=C(O)Cn1c(-c2ccc(Cl)o2)nc2ccccc21. The van der Waals surface area contributed by atoms with E-state index in [9.17, 15) is 4.79 Å². The number of nitrogens with zero attached hydrogens (tertiary/aromatic N) is 2. The first-order valence-corrected chi connectivity index (χ1v) is 5.96. The molecule has 19 heavy (non-hydrogen) atoms. The first-order valence-electron chi connectivity index (χ1n) is 5.58. The van der Waals surface area contributed by atoms with Crippen molar-refractivity contribution in [1.82, 2.24) is 9.55 Å². The van der Waals surface area contributed by atoms with Crippen molar-refractivity contribution in [3.05, 3.63) is 41.6 Å². The molecular formula is C13H9ClN2O3. The van der Waals surface area contributed by atoms with Gasteiger partial charge in [-0.1, -0.05) is 12.1 Å². The van der Waals surface area contributed by atoms with Gasteiger partial charge in [-0.25, -0.2) is 4.98 Å². The van der Waals surface area contributed by atoms with Gasteiger partial charge in [0.2, 0.25) is 0 Å².